The molecule has 0 radical (unpaired) electrons. The number of nitrogens with zero attached hydrogens (tertiary/aromatic N) is 1. The van der Waals surface area contributed by atoms with E-state index >= 15 is 0 Å². The number of aromatic nitrogens is 1. The van der Waals surface area contributed by atoms with Gasteiger partial charge in [0.15, 0.2) is 0 Å². The summed E-state index contributed by atoms with van der Waals surface area (Å²) in [5, 5.41) is 4.67. The van der Waals surface area contributed by atoms with Crippen molar-refractivity contribution in [1.82, 2.24) is 10.3 Å². The van der Waals surface area contributed by atoms with E-state index in [1.807, 2.05) is 31.2 Å². The summed E-state index contributed by atoms with van der Waals surface area (Å²) >= 11 is 3.18. The van der Waals surface area contributed by atoms with Crippen molar-refractivity contribution in [3.8, 4) is 0 Å². The van der Waals surface area contributed by atoms with Crippen molar-refractivity contribution in [1.29, 1.82) is 0 Å². The van der Waals surface area contributed by atoms with Gasteiger partial charge in [0, 0.05) is 6.08 Å². The molecule has 1 aliphatic rings. The van der Waals surface area contributed by atoms with Gasteiger partial charge in [-0.05, 0) is 19.1 Å². The van der Waals surface area contributed by atoms with E-state index in [2.05, 4.69) is 16.4 Å². The first-order chi connectivity index (χ1) is 8.22. The Kier molecular flexibility index (Phi) is 2.64. The van der Waals surface area contributed by atoms with Crippen LogP contribution in [0.2, 0.25) is 0 Å². The van der Waals surface area contributed by atoms with Crippen molar-refractivity contribution in [2.75, 3.05) is 0 Å². The molecule has 1 aromatic carbocycles. The first-order valence-electron chi connectivity index (χ1n) is 5.27. The van der Waals surface area contributed by atoms with Crippen LogP contribution in [0.1, 0.15) is 11.9 Å². The van der Waals surface area contributed by atoms with Crippen molar-refractivity contribution in [2.45, 2.75) is 12.2 Å². The highest BCUT2D eigenvalue weighted by Crippen LogP contribution is 2.30. The lowest BCUT2D eigenvalue weighted by molar-refractivity contribution is -0.118. The number of fused-ring (bicyclic) bond motifs is 1. The minimum atomic E-state index is -0.00405. The first-order valence-corrected chi connectivity index (χ1v) is 6.97. The van der Waals surface area contributed by atoms with Gasteiger partial charge < -0.3 is 5.32 Å². The van der Waals surface area contributed by atoms with Crippen LogP contribution in [0.15, 0.2) is 29.3 Å². The average molecular weight is 262 g/mol. The zero-order valence-electron chi connectivity index (χ0n) is 9.14. The Bertz CT molecular complexity index is 585. The highest BCUT2D eigenvalue weighted by molar-refractivity contribution is 8.04. The quantitative estimate of drug-likeness (QED) is 0.859. The topological polar surface area (TPSA) is 42.0 Å². The fraction of sp³-hybridized carbons (Fsp3) is 0.167. The van der Waals surface area contributed by atoms with Gasteiger partial charge in [0.2, 0.25) is 5.91 Å². The summed E-state index contributed by atoms with van der Waals surface area (Å²) in [6, 6.07) is 8.04. The van der Waals surface area contributed by atoms with Crippen LogP contribution < -0.4 is 5.32 Å². The number of hydrogen-bond acceptors (Lipinski definition) is 4. The Morgan fingerprint density at radius 2 is 2.24 bits per heavy atom. The van der Waals surface area contributed by atoms with Crippen LogP contribution in [-0.2, 0) is 4.79 Å². The minimum absolute atomic E-state index is 0.00405. The van der Waals surface area contributed by atoms with Gasteiger partial charge in [-0.3, -0.25) is 4.79 Å². The van der Waals surface area contributed by atoms with Crippen LogP contribution in [0.25, 0.3) is 16.3 Å². The number of nitrogens with one attached hydrogen (secondary N) is 1. The molecule has 1 unspecified atom stereocenters. The van der Waals surface area contributed by atoms with Gasteiger partial charge in [0.25, 0.3) is 0 Å². The number of carbonyl (C=O) groups is 1. The fourth-order valence-electron chi connectivity index (χ4n) is 1.63. The van der Waals surface area contributed by atoms with Gasteiger partial charge in [-0.15, -0.1) is 11.3 Å². The molecule has 2 heterocycles. The largest absolute Gasteiger partial charge is 0.320 e. The number of para-hydroxylation sites is 1. The average Bonchev–Trinajstić information content (AvgIpc) is 2.83. The Labute approximate surface area is 107 Å². The van der Waals surface area contributed by atoms with Crippen molar-refractivity contribution >= 4 is 45.3 Å². The fourth-order valence-corrected chi connectivity index (χ4v) is 3.50. The maximum absolute atomic E-state index is 11.4. The van der Waals surface area contributed by atoms with Crippen molar-refractivity contribution < 1.29 is 4.79 Å². The van der Waals surface area contributed by atoms with Crippen LogP contribution in [0.3, 0.4) is 0 Å². The molecule has 3 nitrogen and oxygen atoms in total. The lowest BCUT2D eigenvalue weighted by Crippen LogP contribution is -2.19. The normalized spacial score (nSPS) is 22.3. The van der Waals surface area contributed by atoms with E-state index in [0.717, 1.165) is 15.6 Å². The molecule has 0 bridgehead atoms. The summed E-state index contributed by atoms with van der Waals surface area (Å²) in [4.78, 5) is 15.9. The van der Waals surface area contributed by atoms with E-state index in [0.29, 0.717) is 0 Å². The number of thiazole rings is 1. The van der Waals surface area contributed by atoms with Gasteiger partial charge in [-0.25, -0.2) is 4.98 Å². The first kappa shape index (κ1) is 10.8. The van der Waals surface area contributed by atoms with Gasteiger partial charge in [-0.2, -0.15) is 0 Å². The molecule has 1 amide bonds. The van der Waals surface area contributed by atoms with E-state index in [1.54, 1.807) is 23.1 Å². The van der Waals surface area contributed by atoms with E-state index in [1.165, 1.54) is 4.70 Å². The van der Waals surface area contributed by atoms with Gasteiger partial charge in [0.1, 0.15) is 5.01 Å². The lowest BCUT2D eigenvalue weighted by Gasteiger charge is -1.92. The predicted octanol–water partition coefficient (Wildman–Crippen LogP) is 2.85. The minimum Gasteiger partial charge on any atom is -0.320 e. The smallest absolute Gasteiger partial charge is 0.238 e. The standard InChI is InChI=1S/C12H10N2OS2/c1-7-12(15)14-11(16-7)6-10-13-8-4-2-3-5-9(8)17-10/h2-7H,1H3,(H,14,15). The molecule has 0 spiro atoms. The number of thioether (sulfide) groups is 1. The zero-order valence-corrected chi connectivity index (χ0v) is 10.8. The summed E-state index contributed by atoms with van der Waals surface area (Å²) in [7, 11) is 0. The third kappa shape index (κ3) is 2.08. The molecule has 1 N–H and O–H groups in total. The van der Waals surface area contributed by atoms with Crippen LogP contribution in [0, 0.1) is 0 Å². The molecule has 0 saturated carbocycles. The van der Waals surface area contributed by atoms with E-state index in [-0.39, 0.29) is 11.2 Å². The molecule has 0 aliphatic carbocycles. The third-order valence-electron chi connectivity index (χ3n) is 2.48. The van der Waals surface area contributed by atoms with E-state index < -0.39 is 0 Å². The molecule has 1 saturated heterocycles. The number of amides is 1. The molecule has 17 heavy (non-hydrogen) atoms. The molecule has 1 aromatic heterocycles. The van der Waals surface area contributed by atoms with Crippen molar-refractivity contribution in [2.24, 2.45) is 0 Å². The molecule has 1 fully saturated rings. The molecular weight excluding hydrogens is 252 g/mol. The van der Waals surface area contributed by atoms with Crippen LogP contribution in [-0.4, -0.2) is 16.1 Å². The molecule has 3 rings (SSSR count). The second kappa shape index (κ2) is 4.16. The second-order valence-corrected chi connectivity index (χ2v) is 6.22. The van der Waals surface area contributed by atoms with E-state index in [9.17, 15) is 4.79 Å². The lowest BCUT2D eigenvalue weighted by atomic mass is 10.3. The van der Waals surface area contributed by atoms with Crippen LogP contribution in [0.4, 0.5) is 0 Å². The van der Waals surface area contributed by atoms with Crippen molar-refractivity contribution in [3.05, 3.63) is 34.3 Å². The number of hydrogen-bond donors (Lipinski definition) is 1. The van der Waals surface area contributed by atoms with Gasteiger partial charge >= 0.3 is 0 Å². The second-order valence-electron chi connectivity index (χ2n) is 3.78. The zero-order chi connectivity index (χ0) is 11.8. The molecule has 86 valence electrons. The summed E-state index contributed by atoms with van der Waals surface area (Å²) < 4.78 is 1.17. The molecular formula is C12H10N2OS2. The predicted molar refractivity (Wildman–Crippen MR) is 72.8 cm³/mol. The summed E-state index contributed by atoms with van der Waals surface area (Å²) in [6.45, 7) is 1.90. The summed E-state index contributed by atoms with van der Waals surface area (Å²) in [6.07, 6.45) is 1.94. The van der Waals surface area contributed by atoms with E-state index in [4.69, 9.17) is 0 Å². The number of benzene rings is 1. The molecule has 2 aromatic rings. The molecule has 5 heteroatoms. The highest BCUT2D eigenvalue weighted by Gasteiger charge is 2.24. The Morgan fingerprint density at radius 1 is 1.41 bits per heavy atom. The number of carbonyl (C=O) groups excluding carboxylic acids is 1. The molecule has 1 atom stereocenters. The Balaban J connectivity index is 1.95. The SMILES string of the molecule is CC1SC(=Cc2nc3ccccc3s2)NC1=O. The summed E-state index contributed by atoms with van der Waals surface area (Å²) in [5.74, 6) is 0.0716. The highest BCUT2D eigenvalue weighted by atomic mass is 32.2. The maximum atomic E-state index is 11.4. The number of rotatable bonds is 1. The Morgan fingerprint density at radius 3 is 2.94 bits per heavy atom. The molecule has 1 aliphatic heterocycles. The maximum Gasteiger partial charge on any atom is 0.238 e. The van der Waals surface area contributed by atoms with Gasteiger partial charge in [0.05, 0.1) is 20.5 Å². The Hall–Kier alpha value is -1.33. The monoisotopic (exact) mass is 262 g/mol. The summed E-state index contributed by atoms with van der Waals surface area (Å²) in [5.41, 5.74) is 1.01. The van der Waals surface area contributed by atoms with Crippen LogP contribution >= 0.6 is 23.1 Å². The van der Waals surface area contributed by atoms with Crippen molar-refractivity contribution in [3.63, 3.8) is 0 Å². The van der Waals surface area contributed by atoms with Gasteiger partial charge in [-0.1, -0.05) is 23.9 Å². The van der Waals surface area contributed by atoms with Crippen LogP contribution in [0.5, 0.6) is 0 Å². The third-order valence-corrected chi connectivity index (χ3v) is 4.51.